The van der Waals surface area contributed by atoms with Gasteiger partial charge >= 0.3 is 0 Å². The smallest absolute Gasteiger partial charge is 0.270 e. The maximum atomic E-state index is 10.7. The number of carbonyl (C=O) groups excluding carboxylic acids is 1. The molecule has 0 aliphatic carbocycles. The molecule has 14 heavy (non-hydrogen) atoms. The van der Waals surface area contributed by atoms with E-state index in [9.17, 15) is 4.79 Å². The molecule has 2 heterocycles. The summed E-state index contributed by atoms with van der Waals surface area (Å²) in [7, 11) is 0. The highest BCUT2D eigenvalue weighted by Gasteiger charge is 2.09. The molecule has 0 bridgehead atoms. The van der Waals surface area contributed by atoms with Crippen molar-refractivity contribution in [2.24, 2.45) is 5.73 Å². The van der Waals surface area contributed by atoms with Gasteiger partial charge in [0.15, 0.2) is 11.5 Å². The highest BCUT2D eigenvalue weighted by molar-refractivity contribution is 5.91. The van der Waals surface area contributed by atoms with Crippen LogP contribution in [0.15, 0.2) is 35.1 Å². The van der Waals surface area contributed by atoms with Crippen molar-refractivity contribution >= 4 is 5.91 Å². The lowest BCUT2D eigenvalue weighted by molar-refractivity contribution is 0.0992. The van der Waals surface area contributed by atoms with Crippen LogP contribution in [0.3, 0.4) is 0 Å². The zero-order valence-electron chi connectivity index (χ0n) is 7.18. The van der Waals surface area contributed by atoms with Gasteiger partial charge in [0, 0.05) is 24.0 Å². The van der Waals surface area contributed by atoms with E-state index >= 15 is 0 Å². The Kier molecular flexibility index (Phi) is 1.98. The van der Waals surface area contributed by atoms with Gasteiger partial charge in [0.2, 0.25) is 0 Å². The van der Waals surface area contributed by atoms with Crippen molar-refractivity contribution in [3.05, 3.63) is 36.3 Å². The lowest BCUT2D eigenvalue weighted by atomic mass is 10.2. The first-order valence-corrected chi connectivity index (χ1v) is 3.94. The Morgan fingerprint density at radius 2 is 2.36 bits per heavy atom. The molecule has 0 spiro atoms. The average molecular weight is 189 g/mol. The third-order valence-corrected chi connectivity index (χ3v) is 1.71. The van der Waals surface area contributed by atoms with Crippen molar-refractivity contribution in [3.63, 3.8) is 0 Å². The monoisotopic (exact) mass is 189 g/mol. The highest BCUT2D eigenvalue weighted by Crippen LogP contribution is 2.18. The largest absolute Gasteiger partial charge is 0.364 e. The lowest BCUT2D eigenvalue weighted by Crippen LogP contribution is -2.10. The van der Waals surface area contributed by atoms with Gasteiger partial charge in [0.25, 0.3) is 5.91 Å². The topological polar surface area (TPSA) is 82.0 Å². The summed E-state index contributed by atoms with van der Waals surface area (Å²) in [5, 5.41) is 3.51. The maximum absolute atomic E-state index is 10.7. The molecule has 0 fully saturated rings. The first kappa shape index (κ1) is 8.43. The number of nitrogens with two attached hydrogens (primary N) is 1. The fourth-order valence-corrected chi connectivity index (χ4v) is 1.04. The summed E-state index contributed by atoms with van der Waals surface area (Å²) in [6.45, 7) is 0. The number of hydrogen-bond acceptors (Lipinski definition) is 4. The lowest BCUT2D eigenvalue weighted by Gasteiger charge is -1.90. The van der Waals surface area contributed by atoms with Crippen LogP contribution < -0.4 is 5.73 Å². The summed E-state index contributed by atoms with van der Waals surface area (Å²) in [4.78, 5) is 14.6. The van der Waals surface area contributed by atoms with Gasteiger partial charge in [-0.2, -0.15) is 0 Å². The van der Waals surface area contributed by atoms with Crippen LogP contribution in [0.1, 0.15) is 10.5 Å². The van der Waals surface area contributed by atoms with Gasteiger partial charge in [-0.3, -0.25) is 9.78 Å². The van der Waals surface area contributed by atoms with Crippen LogP contribution in [0.25, 0.3) is 11.3 Å². The predicted octanol–water partition coefficient (Wildman–Crippen LogP) is 0.835. The minimum Gasteiger partial charge on any atom is -0.364 e. The van der Waals surface area contributed by atoms with Gasteiger partial charge in [-0.15, -0.1) is 0 Å². The van der Waals surface area contributed by atoms with E-state index in [0.717, 1.165) is 5.56 Å². The quantitative estimate of drug-likeness (QED) is 0.758. The van der Waals surface area contributed by atoms with Crippen molar-refractivity contribution in [1.82, 2.24) is 10.1 Å². The van der Waals surface area contributed by atoms with E-state index in [4.69, 9.17) is 10.3 Å². The van der Waals surface area contributed by atoms with Crippen molar-refractivity contribution in [3.8, 4) is 11.3 Å². The van der Waals surface area contributed by atoms with Gasteiger partial charge in [-0.25, -0.2) is 0 Å². The number of hydrogen-bond donors (Lipinski definition) is 1. The minimum atomic E-state index is -0.608. The number of primary amides is 1. The SMILES string of the molecule is NC(=O)c1cc(-c2cccnc2)on1. The summed E-state index contributed by atoms with van der Waals surface area (Å²) in [6, 6.07) is 5.05. The number of rotatable bonds is 2. The fourth-order valence-electron chi connectivity index (χ4n) is 1.04. The van der Waals surface area contributed by atoms with Gasteiger partial charge in [0.1, 0.15) is 0 Å². The van der Waals surface area contributed by atoms with E-state index < -0.39 is 5.91 Å². The van der Waals surface area contributed by atoms with Gasteiger partial charge in [-0.1, -0.05) is 5.16 Å². The van der Waals surface area contributed by atoms with Crippen LogP contribution in [0.2, 0.25) is 0 Å². The second-order valence-corrected chi connectivity index (χ2v) is 2.68. The van der Waals surface area contributed by atoms with Crippen LogP contribution in [-0.4, -0.2) is 16.0 Å². The third-order valence-electron chi connectivity index (χ3n) is 1.71. The first-order chi connectivity index (χ1) is 6.77. The Balaban J connectivity index is 2.39. The van der Waals surface area contributed by atoms with Gasteiger partial charge in [0.05, 0.1) is 0 Å². The average Bonchev–Trinajstić information content (AvgIpc) is 2.68. The van der Waals surface area contributed by atoms with Gasteiger partial charge < -0.3 is 10.3 Å². The van der Waals surface area contributed by atoms with E-state index in [1.54, 1.807) is 24.5 Å². The molecule has 1 amide bonds. The summed E-state index contributed by atoms with van der Waals surface area (Å²) >= 11 is 0. The predicted molar refractivity (Wildman–Crippen MR) is 48.3 cm³/mol. The van der Waals surface area contributed by atoms with E-state index in [1.807, 2.05) is 0 Å². The van der Waals surface area contributed by atoms with Crippen molar-refractivity contribution in [1.29, 1.82) is 0 Å². The molecular weight excluding hydrogens is 182 g/mol. The standard InChI is InChI=1S/C9H7N3O2/c10-9(13)7-4-8(14-12-7)6-2-1-3-11-5-6/h1-5H,(H2,10,13). The van der Waals surface area contributed by atoms with Crippen molar-refractivity contribution in [2.75, 3.05) is 0 Å². The van der Waals surface area contributed by atoms with Gasteiger partial charge in [-0.05, 0) is 12.1 Å². The molecule has 2 rings (SSSR count). The molecule has 0 aromatic carbocycles. The second kappa shape index (κ2) is 3.29. The van der Waals surface area contributed by atoms with Crippen LogP contribution in [0, 0.1) is 0 Å². The zero-order valence-corrected chi connectivity index (χ0v) is 7.18. The number of pyridine rings is 1. The van der Waals surface area contributed by atoms with E-state index in [1.165, 1.54) is 6.07 Å². The number of nitrogens with zero attached hydrogens (tertiary/aromatic N) is 2. The van der Waals surface area contributed by atoms with Crippen LogP contribution in [0.5, 0.6) is 0 Å². The van der Waals surface area contributed by atoms with E-state index in [2.05, 4.69) is 10.1 Å². The molecule has 2 aromatic rings. The molecule has 0 aliphatic heterocycles. The van der Waals surface area contributed by atoms with Crippen molar-refractivity contribution < 1.29 is 9.32 Å². The fraction of sp³-hybridized carbons (Fsp3) is 0. The van der Waals surface area contributed by atoms with Crippen LogP contribution >= 0.6 is 0 Å². The first-order valence-electron chi connectivity index (χ1n) is 3.94. The normalized spacial score (nSPS) is 10.0. The zero-order chi connectivity index (χ0) is 9.97. The number of aromatic nitrogens is 2. The molecular formula is C9H7N3O2. The molecule has 5 nitrogen and oxygen atoms in total. The maximum Gasteiger partial charge on any atom is 0.270 e. The van der Waals surface area contributed by atoms with E-state index in [0.29, 0.717) is 5.76 Å². The Morgan fingerprint density at radius 1 is 1.50 bits per heavy atom. The molecule has 0 saturated heterocycles. The molecule has 2 aromatic heterocycles. The Bertz CT molecular complexity index is 450. The molecule has 0 radical (unpaired) electrons. The molecule has 2 N–H and O–H groups in total. The summed E-state index contributed by atoms with van der Waals surface area (Å²) < 4.78 is 4.92. The summed E-state index contributed by atoms with van der Waals surface area (Å²) in [6.07, 6.45) is 3.26. The molecule has 70 valence electrons. The minimum absolute atomic E-state index is 0.115. The van der Waals surface area contributed by atoms with Crippen LogP contribution in [-0.2, 0) is 0 Å². The van der Waals surface area contributed by atoms with Crippen molar-refractivity contribution in [2.45, 2.75) is 0 Å². The Hall–Kier alpha value is -2.17. The number of amides is 1. The van der Waals surface area contributed by atoms with E-state index in [-0.39, 0.29) is 5.69 Å². The molecule has 0 aliphatic rings. The molecule has 5 heteroatoms. The Labute approximate surface area is 79.5 Å². The van der Waals surface area contributed by atoms with Crippen LogP contribution in [0.4, 0.5) is 0 Å². The highest BCUT2D eigenvalue weighted by atomic mass is 16.5. The summed E-state index contributed by atoms with van der Waals surface area (Å²) in [5.41, 5.74) is 5.90. The molecule has 0 saturated carbocycles. The Morgan fingerprint density at radius 3 is 2.93 bits per heavy atom. The third kappa shape index (κ3) is 1.47. The molecule has 0 atom stereocenters. The number of carbonyl (C=O) groups is 1. The summed E-state index contributed by atoms with van der Waals surface area (Å²) in [5.74, 6) is -0.129. The molecule has 0 unspecified atom stereocenters. The second-order valence-electron chi connectivity index (χ2n) is 2.68.